The van der Waals surface area contributed by atoms with Gasteiger partial charge in [-0.25, -0.2) is 13.2 Å². The van der Waals surface area contributed by atoms with Crippen molar-refractivity contribution in [3.05, 3.63) is 35.1 Å². The number of carbonyl (C=O) groups excluding carboxylic acids is 1. The van der Waals surface area contributed by atoms with Crippen LogP contribution >= 0.6 is 0 Å². The average molecular weight is 298 g/mol. The summed E-state index contributed by atoms with van der Waals surface area (Å²) in [6, 6.07) is 1.01. The van der Waals surface area contributed by atoms with E-state index in [1.54, 1.807) is 4.90 Å². The quantitative estimate of drug-likeness (QED) is 0.853. The molecule has 0 bridgehead atoms. The Labute approximate surface area is 120 Å². The Bertz CT molecular complexity index is 551. The summed E-state index contributed by atoms with van der Waals surface area (Å²) in [4.78, 5) is 13.9. The molecule has 1 saturated carbocycles. The second-order valence-electron chi connectivity index (χ2n) is 5.83. The summed E-state index contributed by atoms with van der Waals surface area (Å²) in [6.45, 7) is 0. The number of nitrogens with zero attached hydrogens (tertiary/aromatic N) is 1. The van der Waals surface area contributed by atoms with Crippen LogP contribution in [0.1, 0.15) is 43.7 Å². The lowest BCUT2D eigenvalue weighted by Crippen LogP contribution is -2.43. The Morgan fingerprint density at radius 2 is 1.71 bits per heavy atom. The van der Waals surface area contributed by atoms with E-state index in [2.05, 4.69) is 0 Å². The first-order valence-electron chi connectivity index (χ1n) is 7.20. The predicted molar refractivity (Wildman–Crippen MR) is 70.8 cm³/mol. The standard InChI is InChI=1S/C15H17F3N2O/c16-10-6-8(7-11(17)14(10)18)15-12(19)2-1-3-13(21)20(15)9-4-5-9/h6-7,9,12,15H,1-5,19H2. The average Bonchev–Trinajstić information content (AvgIpc) is 3.24. The molecule has 3 rings (SSSR count). The van der Waals surface area contributed by atoms with Crippen molar-refractivity contribution >= 4 is 5.91 Å². The maximum atomic E-state index is 13.5. The third kappa shape index (κ3) is 2.64. The minimum Gasteiger partial charge on any atom is -0.331 e. The molecule has 2 fully saturated rings. The number of rotatable bonds is 2. The van der Waals surface area contributed by atoms with Gasteiger partial charge in [0.15, 0.2) is 17.5 Å². The fraction of sp³-hybridized carbons (Fsp3) is 0.533. The van der Waals surface area contributed by atoms with Gasteiger partial charge in [0.2, 0.25) is 5.91 Å². The van der Waals surface area contributed by atoms with E-state index < -0.39 is 29.5 Å². The van der Waals surface area contributed by atoms with Gasteiger partial charge in [0.1, 0.15) is 0 Å². The second kappa shape index (κ2) is 5.33. The van der Waals surface area contributed by atoms with Gasteiger partial charge < -0.3 is 10.6 Å². The summed E-state index contributed by atoms with van der Waals surface area (Å²) in [7, 11) is 0. The molecule has 1 saturated heterocycles. The summed E-state index contributed by atoms with van der Waals surface area (Å²) < 4.78 is 40.1. The SMILES string of the molecule is NC1CCCC(=O)N(C2CC2)C1c1cc(F)c(F)c(F)c1. The zero-order chi connectivity index (χ0) is 15.1. The van der Waals surface area contributed by atoms with Crippen LogP contribution in [0.25, 0.3) is 0 Å². The van der Waals surface area contributed by atoms with Gasteiger partial charge in [0.25, 0.3) is 0 Å². The molecule has 1 heterocycles. The monoisotopic (exact) mass is 298 g/mol. The number of amides is 1. The van der Waals surface area contributed by atoms with Crippen molar-refractivity contribution in [1.29, 1.82) is 0 Å². The van der Waals surface area contributed by atoms with E-state index >= 15 is 0 Å². The van der Waals surface area contributed by atoms with Crippen LogP contribution in [-0.4, -0.2) is 22.9 Å². The van der Waals surface area contributed by atoms with E-state index in [1.807, 2.05) is 0 Å². The number of hydrogen-bond acceptors (Lipinski definition) is 2. The third-order valence-electron chi connectivity index (χ3n) is 4.21. The van der Waals surface area contributed by atoms with E-state index in [1.165, 1.54) is 0 Å². The Morgan fingerprint density at radius 3 is 2.29 bits per heavy atom. The number of likely N-dealkylation sites (tertiary alicyclic amines) is 1. The molecular formula is C15H17F3N2O. The van der Waals surface area contributed by atoms with E-state index in [9.17, 15) is 18.0 Å². The van der Waals surface area contributed by atoms with Crippen molar-refractivity contribution in [3.63, 3.8) is 0 Å². The lowest BCUT2D eigenvalue weighted by molar-refractivity contribution is -0.133. The van der Waals surface area contributed by atoms with Crippen LogP contribution in [0.2, 0.25) is 0 Å². The molecule has 1 amide bonds. The third-order valence-corrected chi connectivity index (χ3v) is 4.21. The highest BCUT2D eigenvalue weighted by Gasteiger charge is 2.42. The Balaban J connectivity index is 2.04. The molecule has 6 heteroatoms. The maximum Gasteiger partial charge on any atom is 0.223 e. The first-order chi connectivity index (χ1) is 9.99. The lowest BCUT2D eigenvalue weighted by atomic mass is 9.95. The second-order valence-corrected chi connectivity index (χ2v) is 5.83. The van der Waals surface area contributed by atoms with Crippen molar-refractivity contribution < 1.29 is 18.0 Å². The summed E-state index contributed by atoms with van der Waals surface area (Å²) >= 11 is 0. The molecule has 114 valence electrons. The predicted octanol–water partition coefficient (Wildman–Crippen LogP) is 2.65. The van der Waals surface area contributed by atoms with Crippen LogP contribution in [0.3, 0.4) is 0 Å². The zero-order valence-electron chi connectivity index (χ0n) is 11.5. The van der Waals surface area contributed by atoms with E-state index in [4.69, 9.17) is 5.73 Å². The molecule has 1 aromatic carbocycles. The highest BCUT2D eigenvalue weighted by Crippen LogP contribution is 2.39. The summed E-state index contributed by atoms with van der Waals surface area (Å²) in [5.41, 5.74) is 6.37. The van der Waals surface area contributed by atoms with Gasteiger partial charge in [-0.2, -0.15) is 0 Å². The van der Waals surface area contributed by atoms with Gasteiger partial charge in [-0.1, -0.05) is 0 Å². The van der Waals surface area contributed by atoms with Crippen LogP contribution in [-0.2, 0) is 4.79 Å². The Morgan fingerprint density at radius 1 is 1.10 bits per heavy atom. The van der Waals surface area contributed by atoms with Gasteiger partial charge in [0, 0.05) is 18.5 Å². The number of nitrogens with two attached hydrogens (primary N) is 1. The first-order valence-corrected chi connectivity index (χ1v) is 7.20. The van der Waals surface area contributed by atoms with Crippen LogP contribution < -0.4 is 5.73 Å². The normalized spacial score (nSPS) is 26.9. The van der Waals surface area contributed by atoms with Gasteiger partial charge in [-0.15, -0.1) is 0 Å². The number of halogens is 3. The highest BCUT2D eigenvalue weighted by molar-refractivity contribution is 5.78. The zero-order valence-corrected chi connectivity index (χ0v) is 11.5. The molecule has 0 spiro atoms. The van der Waals surface area contributed by atoms with Crippen molar-refractivity contribution in [2.24, 2.45) is 5.73 Å². The van der Waals surface area contributed by atoms with E-state index in [-0.39, 0.29) is 17.5 Å². The lowest BCUT2D eigenvalue weighted by Gasteiger charge is -2.34. The van der Waals surface area contributed by atoms with Crippen molar-refractivity contribution in [2.75, 3.05) is 0 Å². The minimum atomic E-state index is -1.50. The van der Waals surface area contributed by atoms with Crippen LogP contribution in [0.15, 0.2) is 12.1 Å². The molecule has 2 N–H and O–H groups in total. The number of carbonyl (C=O) groups is 1. The summed E-state index contributed by atoms with van der Waals surface area (Å²) in [6.07, 6.45) is 3.40. The minimum absolute atomic E-state index is 0.0411. The van der Waals surface area contributed by atoms with Crippen LogP contribution in [0.5, 0.6) is 0 Å². The molecule has 1 aliphatic carbocycles. The van der Waals surface area contributed by atoms with Gasteiger partial charge in [-0.05, 0) is 43.4 Å². The molecule has 0 radical (unpaired) electrons. The van der Waals surface area contributed by atoms with E-state index in [0.717, 1.165) is 25.0 Å². The molecule has 3 nitrogen and oxygen atoms in total. The van der Waals surface area contributed by atoms with E-state index in [0.29, 0.717) is 19.3 Å². The van der Waals surface area contributed by atoms with Crippen LogP contribution in [0, 0.1) is 17.5 Å². The molecule has 2 aliphatic rings. The molecule has 1 aliphatic heterocycles. The van der Waals surface area contributed by atoms with Crippen LogP contribution in [0.4, 0.5) is 13.2 Å². The maximum absolute atomic E-state index is 13.5. The Hall–Kier alpha value is -1.56. The van der Waals surface area contributed by atoms with Gasteiger partial charge in [-0.3, -0.25) is 4.79 Å². The first kappa shape index (κ1) is 14.4. The van der Waals surface area contributed by atoms with Crippen molar-refractivity contribution in [2.45, 2.75) is 50.2 Å². The fourth-order valence-electron chi connectivity index (χ4n) is 3.07. The molecule has 1 aromatic rings. The molecule has 2 unspecified atom stereocenters. The van der Waals surface area contributed by atoms with Gasteiger partial charge >= 0.3 is 0 Å². The van der Waals surface area contributed by atoms with Crippen molar-refractivity contribution in [1.82, 2.24) is 4.90 Å². The highest BCUT2D eigenvalue weighted by atomic mass is 19.2. The summed E-state index contributed by atoms with van der Waals surface area (Å²) in [5, 5.41) is 0. The number of benzene rings is 1. The van der Waals surface area contributed by atoms with Gasteiger partial charge in [0.05, 0.1) is 6.04 Å². The Kier molecular flexibility index (Phi) is 3.65. The smallest absolute Gasteiger partial charge is 0.223 e. The summed E-state index contributed by atoms with van der Waals surface area (Å²) in [5.74, 6) is -4.03. The molecule has 21 heavy (non-hydrogen) atoms. The fourth-order valence-corrected chi connectivity index (χ4v) is 3.07. The number of hydrogen-bond donors (Lipinski definition) is 1. The molecule has 0 aromatic heterocycles. The molecule has 2 atom stereocenters. The van der Waals surface area contributed by atoms with Crippen molar-refractivity contribution in [3.8, 4) is 0 Å². The topological polar surface area (TPSA) is 46.3 Å². The molecular weight excluding hydrogens is 281 g/mol. The largest absolute Gasteiger partial charge is 0.331 e.